The summed E-state index contributed by atoms with van der Waals surface area (Å²) in [6, 6.07) is 10.7. The normalized spacial score (nSPS) is 16.1. The molecule has 2 aromatic rings. The lowest BCUT2D eigenvalue weighted by molar-refractivity contribution is 0.260. The van der Waals surface area contributed by atoms with E-state index in [1.165, 1.54) is 5.56 Å². The monoisotopic (exact) mass is 302 g/mol. The van der Waals surface area contributed by atoms with Crippen LogP contribution in [0.1, 0.15) is 5.56 Å². The molecule has 0 radical (unpaired) electrons. The van der Waals surface area contributed by atoms with Gasteiger partial charge in [-0.3, -0.25) is 4.90 Å². The minimum Gasteiger partial charge on any atom is -0.338 e. The van der Waals surface area contributed by atoms with Crippen LogP contribution in [0.2, 0.25) is 5.02 Å². The molecule has 0 spiro atoms. The van der Waals surface area contributed by atoms with E-state index in [-0.39, 0.29) is 0 Å². The summed E-state index contributed by atoms with van der Waals surface area (Å²) >= 11 is 5.82. The first kappa shape index (κ1) is 14.3. The van der Waals surface area contributed by atoms with Gasteiger partial charge < -0.3 is 4.90 Å². The molecule has 2 heterocycles. The Hall–Kier alpha value is -1.65. The molecule has 1 aliphatic heterocycles. The fourth-order valence-corrected chi connectivity index (χ4v) is 2.67. The lowest BCUT2D eigenvalue weighted by atomic mass is 10.1. The molecule has 1 saturated heterocycles. The van der Waals surface area contributed by atoms with Gasteiger partial charge in [0.05, 0.1) is 17.4 Å². The molecule has 110 valence electrons. The Morgan fingerprint density at radius 2 is 1.62 bits per heavy atom. The van der Waals surface area contributed by atoms with Gasteiger partial charge in [0, 0.05) is 32.7 Å². The lowest BCUT2D eigenvalue weighted by Crippen LogP contribution is -2.47. The fraction of sp³-hybridized carbons (Fsp3) is 0.375. The molecule has 1 fully saturated rings. The molecule has 0 N–H and O–H groups in total. The summed E-state index contributed by atoms with van der Waals surface area (Å²) in [4.78, 5) is 13.3. The van der Waals surface area contributed by atoms with Crippen molar-refractivity contribution in [3.63, 3.8) is 0 Å². The van der Waals surface area contributed by atoms with E-state index in [0.29, 0.717) is 5.02 Å². The van der Waals surface area contributed by atoms with Gasteiger partial charge in [-0.05, 0) is 12.0 Å². The van der Waals surface area contributed by atoms with Crippen molar-refractivity contribution in [1.82, 2.24) is 14.9 Å². The van der Waals surface area contributed by atoms with Crippen LogP contribution in [0.15, 0.2) is 42.7 Å². The molecule has 1 aliphatic rings. The van der Waals surface area contributed by atoms with E-state index < -0.39 is 0 Å². The third kappa shape index (κ3) is 3.93. The largest absolute Gasteiger partial charge is 0.338 e. The first-order valence-electron chi connectivity index (χ1n) is 7.30. The summed E-state index contributed by atoms with van der Waals surface area (Å²) in [5.74, 6) is 0.780. The number of hydrogen-bond acceptors (Lipinski definition) is 4. The number of piperazine rings is 1. The Balaban J connectivity index is 1.48. The Labute approximate surface area is 130 Å². The number of halogens is 1. The Bertz CT molecular complexity index is 550. The molecule has 0 aliphatic carbocycles. The van der Waals surface area contributed by atoms with Crippen LogP contribution in [0.3, 0.4) is 0 Å². The molecule has 0 atom stereocenters. The quantitative estimate of drug-likeness (QED) is 0.868. The smallest absolute Gasteiger partial charge is 0.225 e. The second-order valence-electron chi connectivity index (χ2n) is 5.27. The van der Waals surface area contributed by atoms with Crippen LogP contribution in [0, 0.1) is 0 Å². The van der Waals surface area contributed by atoms with E-state index in [2.05, 4.69) is 50.1 Å². The van der Waals surface area contributed by atoms with E-state index in [4.69, 9.17) is 11.6 Å². The Kier molecular flexibility index (Phi) is 4.68. The molecule has 5 heteroatoms. The SMILES string of the molecule is Clc1cnc(N2CCN(CCc3ccccc3)CC2)nc1. The number of aromatic nitrogens is 2. The van der Waals surface area contributed by atoms with Crippen molar-refractivity contribution in [1.29, 1.82) is 0 Å². The van der Waals surface area contributed by atoms with E-state index in [1.54, 1.807) is 12.4 Å². The van der Waals surface area contributed by atoms with Crippen LogP contribution >= 0.6 is 11.6 Å². The minimum atomic E-state index is 0.584. The molecular weight excluding hydrogens is 284 g/mol. The first-order valence-corrected chi connectivity index (χ1v) is 7.68. The van der Waals surface area contributed by atoms with Crippen LogP contribution in [-0.2, 0) is 6.42 Å². The van der Waals surface area contributed by atoms with Crippen molar-refractivity contribution in [2.75, 3.05) is 37.6 Å². The van der Waals surface area contributed by atoms with Crippen LogP contribution < -0.4 is 4.90 Å². The van der Waals surface area contributed by atoms with Crippen LogP contribution in [0.4, 0.5) is 5.95 Å². The molecule has 4 nitrogen and oxygen atoms in total. The van der Waals surface area contributed by atoms with E-state index >= 15 is 0 Å². The summed E-state index contributed by atoms with van der Waals surface area (Å²) in [7, 11) is 0. The Morgan fingerprint density at radius 1 is 0.952 bits per heavy atom. The van der Waals surface area contributed by atoms with Gasteiger partial charge in [0.2, 0.25) is 5.95 Å². The molecule has 0 saturated carbocycles. The highest BCUT2D eigenvalue weighted by atomic mass is 35.5. The summed E-state index contributed by atoms with van der Waals surface area (Å²) in [6.07, 6.45) is 4.43. The van der Waals surface area contributed by atoms with Gasteiger partial charge in [-0.1, -0.05) is 41.9 Å². The molecule has 3 rings (SSSR count). The van der Waals surface area contributed by atoms with Crippen LogP contribution in [-0.4, -0.2) is 47.6 Å². The topological polar surface area (TPSA) is 32.3 Å². The first-order chi connectivity index (χ1) is 10.3. The maximum absolute atomic E-state index is 5.82. The van der Waals surface area contributed by atoms with Gasteiger partial charge in [0.25, 0.3) is 0 Å². The second-order valence-corrected chi connectivity index (χ2v) is 5.70. The second kappa shape index (κ2) is 6.87. The van der Waals surface area contributed by atoms with Gasteiger partial charge in [-0.15, -0.1) is 0 Å². The molecule has 21 heavy (non-hydrogen) atoms. The van der Waals surface area contributed by atoms with Gasteiger partial charge in [-0.2, -0.15) is 0 Å². The van der Waals surface area contributed by atoms with Crippen LogP contribution in [0.25, 0.3) is 0 Å². The summed E-state index contributed by atoms with van der Waals surface area (Å²) in [6.45, 7) is 5.16. The molecule has 1 aromatic carbocycles. The fourth-order valence-electron chi connectivity index (χ4n) is 2.57. The zero-order chi connectivity index (χ0) is 14.5. The predicted octanol–water partition coefficient (Wildman–Crippen LogP) is 2.49. The van der Waals surface area contributed by atoms with Gasteiger partial charge >= 0.3 is 0 Å². The average molecular weight is 303 g/mol. The van der Waals surface area contributed by atoms with Crippen molar-refractivity contribution in [2.45, 2.75) is 6.42 Å². The molecule has 0 amide bonds. The van der Waals surface area contributed by atoms with E-state index in [1.807, 2.05) is 0 Å². The lowest BCUT2D eigenvalue weighted by Gasteiger charge is -2.34. The molecule has 0 unspecified atom stereocenters. The highest BCUT2D eigenvalue weighted by Gasteiger charge is 2.18. The maximum atomic E-state index is 5.82. The average Bonchev–Trinajstić information content (AvgIpc) is 2.55. The molecule has 0 bridgehead atoms. The van der Waals surface area contributed by atoms with Crippen molar-refractivity contribution in [2.24, 2.45) is 0 Å². The van der Waals surface area contributed by atoms with Gasteiger partial charge in [-0.25, -0.2) is 9.97 Å². The Morgan fingerprint density at radius 3 is 2.29 bits per heavy atom. The van der Waals surface area contributed by atoms with Crippen LogP contribution in [0.5, 0.6) is 0 Å². The van der Waals surface area contributed by atoms with Crippen molar-refractivity contribution < 1.29 is 0 Å². The third-order valence-electron chi connectivity index (χ3n) is 3.82. The van der Waals surface area contributed by atoms with Gasteiger partial charge in [0.1, 0.15) is 0 Å². The molecular formula is C16H19ClN4. The predicted molar refractivity (Wildman–Crippen MR) is 85.8 cm³/mol. The molecule has 1 aromatic heterocycles. The number of nitrogens with zero attached hydrogens (tertiary/aromatic N) is 4. The third-order valence-corrected chi connectivity index (χ3v) is 4.02. The highest BCUT2D eigenvalue weighted by Crippen LogP contribution is 2.13. The maximum Gasteiger partial charge on any atom is 0.225 e. The van der Waals surface area contributed by atoms with Crippen molar-refractivity contribution in [3.8, 4) is 0 Å². The summed E-state index contributed by atoms with van der Waals surface area (Å²) < 4.78 is 0. The minimum absolute atomic E-state index is 0.584. The standard InChI is InChI=1S/C16H19ClN4/c17-15-12-18-16(19-13-15)21-10-8-20(9-11-21)7-6-14-4-2-1-3-5-14/h1-5,12-13H,6-11H2. The summed E-state index contributed by atoms with van der Waals surface area (Å²) in [5, 5.41) is 0.584. The zero-order valence-corrected chi connectivity index (χ0v) is 12.7. The zero-order valence-electron chi connectivity index (χ0n) is 12.0. The number of hydrogen-bond donors (Lipinski definition) is 0. The number of benzene rings is 1. The van der Waals surface area contributed by atoms with Gasteiger partial charge in [0.15, 0.2) is 0 Å². The van der Waals surface area contributed by atoms with E-state index in [0.717, 1.165) is 45.1 Å². The number of rotatable bonds is 4. The van der Waals surface area contributed by atoms with Crippen molar-refractivity contribution >= 4 is 17.5 Å². The summed E-state index contributed by atoms with van der Waals surface area (Å²) in [5.41, 5.74) is 1.40. The van der Waals surface area contributed by atoms with Crippen molar-refractivity contribution in [3.05, 3.63) is 53.3 Å². The van der Waals surface area contributed by atoms with E-state index in [9.17, 15) is 0 Å². The highest BCUT2D eigenvalue weighted by molar-refractivity contribution is 6.30. The number of anilines is 1.